The number of carbonyl (C=O) groups excluding carboxylic acids is 1. The second-order valence-corrected chi connectivity index (χ2v) is 13.2. The monoisotopic (exact) mass is 586 g/mol. The number of aromatic nitrogens is 3. The van der Waals surface area contributed by atoms with Crippen LogP contribution >= 0.6 is 11.6 Å². The fraction of sp³-hybridized carbons (Fsp3) is 0.536. The summed E-state index contributed by atoms with van der Waals surface area (Å²) in [7, 11) is -3.59. The van der Waals surface area contributed by atoms with Crippen molar-refractivity contribution in [2.75, 3.05) is 48.7 Å². The van der Waals surface area contributed by atoms with Gasteiger partial charge in [-0.15, -0.1) is 0 Å². The summed E-state index contributed by atoms with van der Waals surface area (Å²) in [5.74, 6) is 1.20. The number of benzene rings is 1. The second-order valence-electron chi connectivity index (χ2n) is 11.0. The molecule has 0 radical (unpaired) electrons. The Hall–Kier alpha value is -2.89. The Labute approximate surface area is 239 Å². The maximum atomic E-state index is 14.0. The number of hydrogen-bond donors (Lipinski definition) is 1. The van der Waals surface area contributed by atoms with Gasteiger partial charge >= 0.3 is 0 Å². The molecule has 0 bridgehead atoms. The van der Waals surface area contributed by atoms with Crippen molar-refractivity contribution in [1.29, 1.82) is 0 Å². The molecule has 0 spiro atoms. The lowest BCUT2D eigenvalue weighted by atomic mass is 9.98. The molecule has 3 fully saturated rings. The molecule has 4 heterocycles. The van der Waals surface area contributed by atoms with Crippen LogP contribution in [0, 0.1) is 0 Å². The van der Waals surface area contributed by atoms with Gasteiger partial charge < -0.3 is 14.5 Å². The van der Waals surface area contributed by atoms with Gasteiger partial charge in [0.15, 0.2) is 5.65 Å². The van der Waals surface area contributed by atoms with Crippen LogP contribution in [0.3, 0.4) is 0 Å². The summed E-state index contributed by atoms with van der Waals surface area (Å²) in [6, 6.07) is 8.58. The molecule has 3 aliphatic rings. The minimum Gasteiger partial charge on any atom is -0.378 e. The van der Waals surface area contributed by atoms with E-state index >= 15 is 0 Å². The molecule has 1 saturated carbocycles. The first kappa shape index (κ1) is 27.3. The molecule has 1 aromatic carbocycles. The van der Waals surface area contributed by atoms with Crippen molar-refractivity contribution < 1.29 is 17.9 Å². The van der Waals surface area contributed by atoms with E-state index in [0.717, 1.165) is 74.3 Å². The summed E-state index contributed by atoms with van der Waals surface area (Å²) in [6.45, 7) is 3.46. The van der Waals surface area contributed by atoms with Gasteiger partial charge in [0, 0.05) is 48.4 Å². The SMILES string of the molecule is CS(=O)(=O)Nc1ccc(Cl)cc1C(=O)N1CCCC[C@@H]1c1cc2nc(C3CCCC3)cc(N3CCOCC3)n2n1. The fourth-order valence-corrected chi connectivity index (χ4v) is 6.97. The first-order valence-corrected chi connectivity index (χ1v) is 16.4. The van der Waals surface area contributed by atoms with Crippen molar-refractivity contribution >= 4 is 44.7 Å². The second kappa shape index (κ2) is 11.2. The molecule has 0 unspecified atom stereocenters. The Kier molecular flexibility index (Phi) is 7.62. The van der Waals surface area contributed by atoms with E-state index in [9.17, 15) is 13.2 Å². The van der Waals surface area contributed by atoms with Crippen LogP contribution in [0.2, 0.25) is 5.02 Å². The van der Waals surface area contributed by atoms with Crippen molar-refractivity contribution in [3.8, 4) is 0 Å². The number of rotatable bonds is 6. The Morgan fingerprint density at radius 1 is 1.00 bits per heavy atom. The van der Waals surface area contributed by atoms with E-state index < -0.39 is 10.0 Å². The minimum atomic E-state index is -3.59. The van der Waals surface area contributed by atoms with Gasteiger partial charge in [0.2, 0.25) is 10.0 Å². The quantitative estimate of drug-likeness (QED) is 0.449. The predicted octanol–water partition coefficient (Wildman–Crippen LogP) is 4.62. The molecule has 40 heavy (non-hydrogen) atoms. The number of piperidine rings is 1. The molecular formula is C28H35ClN6O4S. The third-order valence-electron chi connectivity index (χ3n) is 8.17. The van der Waals surface area contributed by atoms with E-state index in [0.29, 0.717) is 30.7 Å². The maximum absolute atomic E-state index is 14.0. The molecule has 2 saturated heterocycles. The largest absolute Gasteiger partial charge is 0.378 e. The van der Waals surface area contributed by atoms with Crippen LogP contribution in [-0.4, -0.2) is 72.9 Å². The van der Waals surface area contributed by atoms with Crippen LogP contribution in [0.5, 0.6) is 0 Å². The summed E-state index contributed by atoms with van der Waals surface area (Å²) < 4.78 is 34.0. The molecule has 6 rings (SSSR count). The van der Waals surface area contributed by atoms with Crippen LogP contribution in [-0.2, 0) is 14.8 Å². The number of halogens is 1. The normalized spacial score (nSPS) is 20.8. The van der Waals surface area contributed by atoms with Gasteiger partial charge in [-0.05, 0) is 50.3 Å². The van der Waals surface area contributed by atoms with Gasteiger partial charge in [0.05, 0.1) is 42.5 Å². The van der Waals surface area contributed by atoms with Gasteiger partial charge in [-0.25, -0.2) is 13.4 Å². The molecule has 1 aliphatic carbocycles. The number of hydrogen-bond acceptors (Lipinski definition) is 7. The molecule has 3 aromatic rings. The molecule has 12 heteroatoms. The highest BCUT2D eigenvalue weighted by atomic mass is 35.5. The zero-order valence-electron chi connectivity index (χ0n) is 22.7. The topological polar surface area (TPSA) is 109 Å². The Bertz CT molecular complexity index is 1510. The summed E-state index contributed by atoms with van der Waals surface area (Å²) in [5, 5.41) is 5.41. The standard InChI is InChI=1S/C28H35ClN6O4S/c1-40(37,38)32-22-10-9-20(29)16-21(22)28(36)34-11-5-4-8-25(34)24-17-26-30-23(19-6-2-3-7-19)18-27(35(26)31-24)33-12-14-39-15-13-33/h9-10,16-19,25,32H,2-8,11-15H2,1H3/t25-/m1/s1. The molecule has 1 N–H and O–H groups in total. The highest BCUT2D eigenvalue weighted by Gasteiger charge is 2.33. The Morgan fingerprint density at radius 2 is 1.75 bits per heavy atom. The molecule has 10 nitrogen and oxygen atoms in total. The van der Waals surface area contributed by atoms with Crippen molar-refractivity contribution in [3.63, 3.8) is 0 Å². The molecule has 2 aliphatic heterocycles. The van der Waals surface area contributed by atoms with Crippen LogP contribution in [0.4, 0.5) is 11.5 Å². The molecular weight excluding hydrogens is 552 g/mol. The minimum absolute atomic E-state index is 0.216. The van der Waals surface area contributed by atoms with Gasteiger partial charge in [-0.3, -0.25) is 9.52 Å². The van der Waals surface area contributed by atoms with E-state index in [-0.39, 0.29) is 23.2 Å². The van der Waals surface area contributed by atoms with E-state index in [4.69, 9.17) is 26.4 Å². The highest BCUT2D eigenvalue weighted by Crippen LogP contribution is 2.37. The average molecular weight is 587 g/mol. The van der Waals surface area contributed by atoms with Crippen molar-refractivity contribution in [3.05, 3.63) is 52.3 Å². The Morgan fingerprint density at radius 3 is 2.50 bits per heavy atom. The van der Waals surface area contributed by atoms with Gasteiger partial charge in [-0.2, -0.15) is 9.61 Å². The molecule has 2 aromatic heterocycles. The predicted molar refractivity (Wildman–Crippen MR) is 155 cm³/mol. The summed E-state index contributed by atoms with van der Waals surface area (Å²) in [6.07, 6.45) is 8.41. The average Bonchev–Trinajstić information content (AvgIpc) is 3.63. The van der Waals surface area contributed by atoms with Crippen molar-refractivity contribution in [2.24, 2.45) is 0 Å². The number of sulfonamides is 1. The third kappa shape index (κ3) is 5.64. The number of carbonyl (C=O) groups is 1. The summed E-state index contributed by atoms with van der Waals surface area (Å²) >= 11 is 6.25. The number of amides is 1. The third-order valence-corrected chi connectivity index (χ3v) is 8.99. The number of likely N-dealkylation sites (tertiary alicyclic amines) is 1. The van der Waals surface area contributed by atoms with Crippen molar-refractivity contribution in [2.45, 2.75) is 56.9 Å². The first-order chi connectivity index (χ1) is 19.3. The number of ether oxygens (including phenoxy) is 1. The van der Waals surface area contributed by atoms with Crippen LogP contribution in [0.1, 0.15) is 78.7 Å². The smallest absolute Gasteiger partial charge is 0.256 e. The highest BCUT2D eigenvalue weighted by molar-refractivity contribution is 7.92. The lowest BCUT2D eigenvalue weighted by Gasteiger charge is -2.35. The van der Waals surface area contributed by atoms with Crippen LogP contribution < -0.4 is 9.62 Å². The lowest BCUT2D eigenvalue weighted by molar-refractivity contribution is 0.0607. The van der Waals surface area contributed by atoms with Crippen LogP contribution in [0.25, 0.3) is 5.65 Å². The Balaban J connectivity index is 1.39. The van der Waals surface area contributed by atoms with E-state index in [2.05, 4.69) is 15.7 Å². The maximum Gasteiger partial charge on any atom is 0.256 e. The zero-order valence-corrected chi connectivity index (χ0v) is 24.3. The summed E-state index contributed by atoms with van der Waals surface area (Å²) in [5.41, 5.74) is 3.14. The number of morpholine rings is 1. The van der Waals surface area contributed by atoms with Gasteiger partial charge in [0.1, 0.15) is 5.82 Å². The summed E-state index contributed by atoms with van der Waals surface area (Å²) in [4.78, 5) is 23.1. The van der Waals surface area contributed by atoms with Crippen molar-refractivity contribution in [1.82, 2.24) is 19.5 Å². The molecule has 214 valence electrons. The first-order valence-electron chi connectivity index (χ1n) is 14.1. The number of nitrogens with zero attached hydrogens (tertiary/aromatic N) is 5. The van der Waals surface area contributed by atoms with Gasteiger partial charge in [-0.1, -0.05) is 24.4 Å². The zero-order chi connectivity index (χ0) is 27.9. The van der Waals surface area contributed by atoms with Crippen LogP contribution in [0.15, 0.2) is 30.3 Å². The molecule has 1 amide bonds. The van der Waals surface area contributed by atoms with E-state index in [1.807, 2.05) is 10.6 Å². The fourth-order valence-electron chi connectivity index (χ4n) is 6.23. The molecule has 1 atom stereocenters. The van der Waals surface area contributed by atoms with E-state index in [1.165, 1.54) is 25.0 Å². The number of fused-ring (bicyclic) bond motifs is 1. The number of anilines is 2. The van der Waals surface area contributed by atoms with Gasteiger partial charge in [0.25, 0.3) is 5.91 Å². The lowest BCUT2D eigenvalue weighted by Crippen LogP contribution is -2.39. The van der Waals surface area contributed by atoms with E-state index in [1.54, 1.807) is 11.0 Å². The number of nitrogens with one attached hydrogen (secondary N) is 1.